The highest BCUT2D eigenvalue weighted by atomic mass is 16.2. The van der Waals surface area contributed by atoms with Crippen LogP contribution in [0.25, 0.3) is 11.0 Å². The monoisotopic (exact) mass is 252 g/mol. The van der Waals surface area contributed by atoms with Gasteiger partial charge in [0.15, 0.2) is 0 Å². The Hall–Kier alpha value is -2.82. The molecule has 3 rings (SSSR count). The zero-order valence-electron chi connectivity index (χ0n) is 10.1. The highest BCUT2D eigenvalue weighted by Gasteiger charge is 2.03. The third kappa shape index (κ3) is 2.55. The number of rotatable bonds is 2. The van der Waals surface area contributed by atoms with Gasteiger partial charge in [-0.25, -0.2) is 9.78 Å². The van der Waals surface area contributed by atoms with Gasteiger partial charge >= 0.3 is 6.03 Å². The largest absolute Gasteiger partial charge is 0.345 e. The number of hydrogen-bond donors (Lipinski definition) is 3. The number of para-hydroxylation sites is 1. The van der Waals surface area contributed by atoms with E-state index in [1.165, 1.54) is 0 Å². The Kier molecular flexibility index (Phi) is 2.86. The molecule has 1 heterocycles. The standard InChI is InChI=1S/C14H12N4O/c19-14(17-10-4-2-1-3-5-10)18-11-6-7-12-13(8-11)16-9-15-12/h1-9H,(H,15,16)(H2,17,18,19). The molecular weight excluding hydrogens is 240 g/mol. The minimum Gasteiger partial charge on any atom is -0.345 e. The molecular formula is C14H12N4O. The number of benzene rings is 2. The smallest absolute Gasteiger partial charge is 0.323 e. The summed E-state index contributed by atoms with van der Waals surface area (Å²) in [5.74, 6) is 0. The SMILES string of the molecule is O=C(Nc1ccccc1)Nc1ccc2nc[nH]c2c1. The van der Waals surface area contributed by atoms with Crippen LogP contribution in [0.3, 0.4) is 0 Å². The Bertz CT molecular complexity index is 706. The molecule has 0 bridgehead atoms. The lowest BCUT2D eigenvalue weighted by Gasteiger charge is -2.07. The maximum atomic E-state index is 11.8. The van der Waals surface area contributed by atoms with Gasteiger partial charge in [-0.3, -0.25) is 0 Å². The molecule has 0 radical (unpaired) electrons. The van der Waals surface area contributed by atoms with Crippen LogP contribution in [0.15, 0.2) is 54.9 Å². The van der Waals surface area contributed by atoms with Crippen LogP contribution in [0.5, 0.6) is 0 Å². The minimum absolute atomic E-state index is 0.273. The highest BCUT2D eigenvalue weighted by molar-refractivity contribution is 6.00. The van der Waals surface area contributed by atoms with Crippen molar-refractivity contribution in [2.45, 2.75) is 0 Å². The number of nitrogens with one attached hydrogen (secondary N) is 3. The van der Waals surface area contributed by atoms with Crippen molar-refractivity contribution in [1.29, 1.82) is 0 Å². The van der Waals surface area contributed by atoms with Gasteiger partial charge in [-0.05, 0) is 30.3 Å². The molecule has 0 aliphatic heterocycles. The summed E-state index contributed by atoms with van der Waals surface area (Å²) in [6.45, 7) is 0. The molecule has 0 aliphatic rings. The fourth-order valence-corrected chi connectivity index (χ4v) is 1.83. The Morgan fingerprint density at radius 1 is 1.00 bits per heavy atom. The zero-order chi connectivity index (χ0) is 13.1. The molecule has 0 saturated heterocycles. The third-order valence-corrected chi connectivity index (χ3v) is 2.71. The van der Waals surface area contributed by atoms with Crippen molar-refractivity contribution >= 4 is 28.4 Å². The van der Waals surface area contributed by atoms with Crippen LogP contribution >= 0.6 is 0 Å². The number of H-pyrrole nitrogens is 1. The molecule has 0 spiro atoms. The maximum absolute atomic E-state index is 11.8. The van der Waals surface area contributed by atoms with Crippen molar-refractivity contribution in [3.05, 3.63) is 54.9 Å². The summed E-state index contributed by atoms with van der Waals surface area (Å²) >= 11 is 0. The first-order valence-electron chi connectivity index (χ1n) is 5.87. The number of anilines is 2. The molecule has 3 N–H and O–H groups in total. The molecule has 94 valence electrons. The lowest BCUT2D eigenvalue weighted by molar-refractivity contribution is 0.262. The van der Waals surface area contributed by atoms with Gasteiger partial charge in [-0.1, -0.05) is 18.2 Å². The molecule has 1 aromatic heterocycles. The van der Waals surface area contributed by atoms with E-state index in [1.807, 2.05) is 48.5 Å². The van der Waals surface area contributed by atoms with E-state index in [4.69, 9.17) is 0 Å². The zero-order valence-corrected chi connectivity index (χ0v) is 10.1. The molecule has 3 aromatic rings. The van der Waals surface area contributed by atoms with Gasteiger partial charge < -0.3 is 15.6 Å². The predicted molar refractivity (Wildman–Crippen MR) is 75.2 cm³/mol. The number of amides is 2. The second kappa shape index (κ2) is 4.81. The van der Waals surface area contributed by atoms with Crippen LogP contribution in [0.4, 0.5) is 16.2 Å². The molecule has 19 heavy (non-hydrogen) atoms. The van der Waals surface area contributed by atoms with Crippen LogP contribution in [0.1, 0.15) is 0 Å². The van der Waals surface area contributed by atoms with Gasteiger partial charge in [0.1, 0.15) is 0 Å². The molecule has 0 unspecified atom stereocenters. The van der Waals surface area contributed by atoms with Crippen LogP contribution < -0.4 is 10.6 Å². The van der Waals surface area contributed by atoms with E-state index in [0.717, 1.165) is 16.7 Å². The molecule has 0 fully saturated rings. The van der Waals surface area contributed by atoms with E-state index in [1.54, 1.807) is 6.33 Å². The van der Waals surface area contributed by atoms with Crippen molar-refractivity contribution in [1.82, 2.24) is 9.97 Å². The first-order chi connectivity index (χ1) is 9.31. The van der Waals surface area contributed by atoms with Crippen molar-refractivity contribution in [2.24, 2.45) is 0 Å². The fourth-order valence-electron chi connectivity index (χ4n) is 1.83. The van der Waals surface area contributed by atoms with Crippen LogP contribution in [0.2, 0.25) is 0 Å². The van der Waals surface area contributed by atoms with Gasteiger partial charge in [0.2, 0.25) is 0 Å². The molecule has 2 aromatic carbocycles. The summed E-state index contributed by atoms with van der Waals surface area (Å²) in [7, 11) is 0. The van der Waals surface area contributed by atoms with Crippen molar-refractivity contribution in [2.75, 3.05) is 10.6 Å². The minimum atomic E-state index is -0.273. The number of carbonyl (C=O) groups is 1. The van der Waals surface area contributed by atoms with Crippen LogP contribution in [-0.4, -0.2) is 16.0 Å². The summed E-state index contributed by atoms with van der Waals surface area (Å²) in [6.07, 6.45) is 1.62. The second-order valence-corrected chi connectivity index (χ2v) is 4.08. The number of imidazole rings is 1. The number of carbonyl (C=O) groups excluding carboxylic acids is 1. The lowest BCUT2D eigenvalue weighted by Crippen LogP contribution is -2.19. The number of aromatic nitrogens is 2. The molecule has 0 aliphatic carbocycles. The summed E-state index contributed by atoms with van der Waals surface area (Å²) in [5.41, 5.74) is 3.22. The van der Waals surface area contributed by atoms with E-state index in [9.17, 15) is 4.79 Å². The summed E-state index contributed by atoms with van der Waals surface area (Å²) in [4.78, 5) is 18.9. The molecule has 0 saturated carbocycles. The molecule has 5 nitrogen and oxygen atoms in total. The van der Waals surface area contributed by atoms with Crippen molar-refractivity contribution in [3.8, 4) is 0 Å². The van der Waals surface area contributed by atoms with Gasteiger partial charge in [0.05, 0.1) is 17.4 Å². The molecule has 2 amide bonds. The summed E-state index contributed by atoms with van der Waals surface area (Å²) in [6, 6.07) is 14.5. The average molecular weight is 252 g/mol. The normalized spacial score (nSPS) is 10.3. The lowest BCUT2D eigenvalue weighted by atomic mass is 10.3. The Labute approximate surface area is 109 Å². The van der Waals surface area contributed by atoms with E-state index in [-0.39, 0.29) is 6.03 Å². The van der Waals surface area contributed by atoms with Gasteiger partial charge in [0, 0.05) is 11.4 Å². The van der Waals surface area contributed by atoms with Crippen LogP contribution in [0, 0.1) is 0 Å². The third-order valence-electron chi connectivity index (χ3n) is 2.71. The second-order valence-electron chi connectivity index (χ2n) is 4.08. The topological polar surface area (TPSA) is 69.8 Å². The van der Waals surface area contributed by atoms with E-state index in [2.05, 4.69) is 20.6 Å². The number of aromatic amines is 1. The average Bonchev–Trinajstić information content (AvgIpc) is 2.87. The summed E-state index contributed by atoms with van der Waals surface area (Å²) < 4.78 is 0. The highest BCUT2D eigenvalue weighted by Crippen LogP contribution is 2.16. The number of urea groups is 1. The Morgan fingerprint density at radius 3 is 2.63 bits per heavy atom. The maximum Gasteiger partial charge on any atom is 0.323 e. The first-order valence-corrected chi connectivity index (χ1v) is 5.87. The number of fused-ring (bicyclic) bond motifs is 1. The van der Waals surface area contributed by atoms with Crippen molar-refractivity contribution < 1.29 is 4.79 Å². The number of nitrogens with zero attached hydrogens (tertiary/aromatic N) is 1. The fraction of sp³-hybridized carbons (Fsp3) is 0. The first kappa shape index (κ1) is 11.3. The molecule has 5 heteroatoms. The molecule has 0 atom stereocenters. The number of hydrogen-bond acceptors (Lipinski definition) is 2. The van der Waals surface area contributed by atoms with Gasteiger partial charge in [-0.15, -0.1) is 0 Å². The Morgan fingerprint density at radius 2 is 1.79 bits per heavy atom. The predicted octanol–water partition coefficient (Wildman–Crippen LogP) is 3.21. The van der Waals surface area contributed by atoms with E-state index in [0.29, 0.717) is 5.69 Å². The van der Waals surface area contributed by atoms with Gasteiger partial charge in [0.25, 0.3) is 0 Å². The van der Waals surface area contributed by atoms with Gasteiger partial charge in [-0.2, -0.15) is 0 Å². The quantitative estimate of drug-likeness (QED) is 0.655. The Balaban J connectivity index is 1.72. The van der Waals surface area contributed by atoms with E-state index >= 15 is 0 Å². The van der Waals surface area contributed by atoms with E-state index < -0.39 is 0 Å². The summed E-state index contributed by atoms with van der Waals surface area (Å²) in [5, 5.41) is 5.53. The van der Waals surface area contributed by atoms with Crippen molar-refractivity contribution in [3.63, 3.8) is 0 Å². The van der Waals surface area contributed by atoms with Crippen LogP contribution in [-0.2, 0) is 0 Å².